The van der Waals surface area contributed by atoms with Gasteiger partial charge in [0.1, 0.15) is 22.8 Å². The molecule has 1 atom stereocenters. The van der Waals surface area contributed by atoms with Crippen LogP contribution in [0.4, 0.5) is 4.39 Å². The van der Waals surface area contributed by atoms with E-state index in [0.717, 1.165) is 22.6 Å². The van der Waals surface area contributed by atoms with E-state index in [1.807, 2.05) is 44.3 Å². The summed E-state index contributed by atoms with van der Waals surface area (Å²) in [5.74, 6) is 0.541. The van der Waals surface area contributed by atoms with E-state index in [2.05, 4.69) is 10.00 Å². The fourth-order valence-electron chi connectivity index (χ4n) is 3.58. The molecule has 0 N–H and O–H groups in total. The van der Waals surface area contributed by atoms with Crippen LogP contribution in [-0.2, 0) is 20.1 Å². The molecule has 1 aliphatic rings. The Labute approximate surface area is 163 Å². The second-order valence-electron chi connectivity index (χ2n) is 6.88. The van der Waals surface area contributed by atoms with Gasteiger partial charge in [0.2, 0.25) is 0 Å². The van der Waals surface area contributed by atoms with Crippen molar-refractivity contribution in [3.63, 3.8) is 0 Å². The average Bonchev–Trinajstić information content (AvgIpc) is 2.82. The molecule has 140 valence electrons. The van der Waals surface area contributed by atoms with Crippen LogP contribution in [0.25, 0.3) is 0 Å². The summed E-state index contributed by atoms with van der Waals surface area (Å²) >= 11 is 6.44. The Morgan fingerprint density at radius 1 is 1.19 bits per heavy atom. The maximum absolute atomic E-state index is 14.4. The molecule has 3 aromatic rings. The molecular weight excluding hydrogens is 365 g/mol. The standard InChI is InChI=1S/C21H21ClFN3O/c1-14-17(21(22)25(2)24-14)12-26-11-15-7-3-6-10-19(15)27-20(13-26)16-8-4-5-9-18(16)23/h3-10,20H,11-13H2,1-2H3/t20-/m1/s1. The molecule has 2 aromatic carbocycles. The Morgan fingerprint density at radius 3 is 2.67 bits per heavy atom. The molecule has 0 bridgehead atoms. The summed E-state index contributed by atoms with van der Waals surface area (Å²) in [5.41, 5.74) is 3.54. The van der Waals surface area contributed by atoms with Gasteiger partial charge in [-0.05, 0) is 19.1 Å². The quantitative estimate of drug-likeness (QED) is 0.657. The molecule has 2 heterocycles. The van der Waals surface area contributed by atoms with Crippen molar-refractivity contribution >= 4 is 11.6 Å². The van der Waals surface area contributed by atoms with E-state index in [-0.39, 0.29) is 5.82 Å². The maximum Gasteiger partial charge on any atom is 0.139 e. The van der Waals surface area contributed by atoms with Crippen molar-refractivity contribution in [2.75, 3.05) is 6.54 Å². The normalized spacial score (nSPS) is 17.3. The SMILES string of the molecule is Cc1nn(C)c(Cl)c1CN1Cc2ccccc2O[C@@H](c2ccccc2F)C1. The zero-order valence-corrected chi connectivity index (χ0v) is 16.1. The van der Waals surface area contributed by atoms with Crippen molar-refractivity contribution < 1.29 is 9.13 Å². The van der Waals surface area contributed by atoms with E-state index in [9.17, 15) is 4.39 Å². The third-order valence-electron chi connectivity index (χ3n) is 4.96. The lowest BCUT2D eigenvalue weighted by Gasteiger charge is -2.24. The number of hydrogen-bond donors (Lipinski definition) is 0. The predicted octanol–water partition coefficient (Wildman–Crippen LogP) is 4.66. The largest absolute Gasteiger partial charge is 0.484 e. The van der Waals surface area contributed by atoms with Crippen molar-refractivity contribution in [3.05, 3.63) is 81.9 Å². The molecule has 4 nitrogen and oxygen atoms in total. The first kappa shape index (κ1) is 18.0. The van der Waals surface area contributed by atoms with Crippen LogP contribution < -0.4 is 4.74 Å². The van der Waals surface area contributed by atoms with Gasteiger partial charge in [-0.3, -0.25) is 9.58 Å². The van der Waals surface area contributed by atoms with Gasteiger partial charge in [0.15, 0.2) is 0 Å². The Balaban J connectivity index is 1.70. The molecule has 27 heavy (non-hydrogen) atoms. The number of ether oxygens (including phenoxy) is 1. The molecule has 4 rings (SSSR count). The Hall–Kier alpha value is -2.37. The number of benzene rings is 2. The summed E-state index contributed by atoms with van der Waals surface area (Å²) in [6.45, 7) is 3.84. The van der Waals surface area contributed by atoms with E-state index in [0.29, 0.717) is 30.4 Å². The highest BCUT2D eigenvalue weighted by Gasteiger charge is 2.27. The summed E-state index contributed by atoms with van der Waals surface area (Å²) in [6.07, 6.45) is -0.398. The predicted molar refractivity (Wildman–Crippen MR) is 103 cm³/mol. The minimum absolute atomic E-state index is 0.252. The lowest BCUT2D eigenvalue weighted by molar-refractivity contribution is 0.140. The van der Waals surface area contributed by atoms with Gasteiger partial charge in [0.05, 0.1) is 5.69 Å². The number of rotatable bonds is 3. The highest BCUT2D eigenvalue weighted by Crippen LogP contribution is 2.33. The van der Waals surface area contributed by atoms with Crippen LogP contribution in [0.15, 0.2) is 48.5 Å². The third kappa shape index (κ3) is 3.57. The average molecular weight is 386 g/mol. The van der Waals surface area contributed by atoms with Crippen molar-refractivity contribution in [3.8, 4) is 5.75 Å². The second-order valence-corrected chi connectivity index (χ2v) is 7.24. The first-order valence-corrected chi connectivity index (χ1v) is 9.30. The number of fused-ring (bicyclic) bond motifs is 1. The van der Waals surface area contributed by atoms with Gasteiger partial charge >= 0.3 is 0 Å². The van der Waals surface area contributed by atoms with Gasteiger partial charge in [-0.25, -0.2) is 4.39 Å². The van der Waals surface area contributed by atoms with Crippen molar-refractivity contribution in [1.82, 2.24) is 14.7 Å². The Morgan fingerprint density at radius 2 is 1.93 bits per heavy atom. The smallest absolute Gasteiger partial charge is 0.139 e. The molecule has 6 heteroatoms. The fraction of sp³-hybridized carbons (Fsp3) is 0.286. The number of aromatic nitrogens is 2. The first-order chi connectivity index (χ1) is 13.0. The molecule has 1 aliphatic heterocycles. The number of nitrogens with zero attached hydrogens (tertiary/aromatic N) is 3. The second kappa shape index (κ2) is 7.33. The molecule has 0 aliphatic carbocycles. The maximum atomic E-state index is 14.4. The van der Waals surface area contributed by atoms with Crippen LogP contribution >= 0.6 is 11.6 Å². The molecule has 0 spiro atoms. The zero-order chi connectivity index (χ0) is 19.0. The molecule has 0 saturated carbocycles. The summed E-state index contributed by atoms with van der Waals surface area (Å²) in [7, 11) is 1.84. The van der Waals surface area contributed by atoms with Crippen molar-refractivity contribution in [2.24, 2.45) is 7.05 Å². The topological polar surface area (TPSA) is 30.3 Å². The van der Waals surface area contributed by atoms with Crippen molar-refractivity contribution in [1.29, 1.82) is 0 Å². The van der Waals surface area contributed by atoms with E-state index >= 15 is 0 Å². The van der Waals surface area contributed by atoms with Gasteiger partial charge in [0, 0.05) is 43.4 Å². The van der Waals surface area contributed by atoms with Crippen molar-refractivity contribution in [2.45, 2.75) is 26.1 Å². The third-order valence-corrected chi connectivity index (χ3v) is 5.44. The van der Waals surface area contributed by atoms with E-state index in [4.69, 9.17) is 16.3 Å². The molecular formula is C21H21ClFN3O. The van der Waals surface area contributed by atoms with Gasteiger partial charge in [-0.2, -0.15) is 5.10 Å². The van der Waals surface area contributed by atoms with Crippen LogP contribution in [-0.4, -0.2) is 21.2 Å². The molecule has 0 radical (unpaired) electrons. The molecule has 1 aromatic heterocycles. The van der Waals surface area contributed by atoms with Crippen LogP contribution in [0.3, 0.4) is 0 Å². The molecule has 0 fully saturated rings. The van der Waals surface area contributed by atoms with E-state index < -0.39 is 6.10 Å². The van der Waals surface area contributed by atoms with Gasteiger partial charge < -0.3 is 4.74 Å². The lowest BCUT2D eigenvalue weighted by atomic mass is 10.1. The first-order valence-electron chi connectivity index (χ1n) is 8.92. The van der Waals surface area contributed by atoms with Gasteiger partial charge in [-0.15, -0.1) is 0 Å². The Kier molecular flexibility index (Phi) is 4.89. The summed E-state index contributed by atoms with van der Waals surface area (Å²) in [4.78, 5) is 2.23. The molecule has 0 amide bonds. The van der Waals surface area contributed by atoms with Gasteiger partial charge in [0.25, 0.3) is 0 Å². The van der Waals surface area contributed by atoms with E-state index in [1.54, 1.807) is 16.8 Å². The zero-order valence-electron chi connectivity index (χ0n) is 15.3. The molecule has 0 unspecified atom stereocenters. The molecule has 0 saturated heterocycles. The van der Waals surface area contributed by atoms with Crippen LogP contribution in [0.2, 0.25) is 5.15 Å². The van der Waals surface area contributed by atoms with Crippen LogP contribution in [0, 0.1) is 12.7 Å². The van der Waals surface area contributed by atoms with Gasteiger partial charge in [-0.1, -0.05) is 48.0 Å². The fourth-order valence-corrected chi connectivity index (χ4v) is 3.81. The number of hydrogen-bond acceptors (Lipinski definition) is 3. The lowest BCUT2D eigenvalue weighted by Crippen LogP contribution is -2.28. The van der Waals surface area contributed by atoms with Crippen LogP contribution in [0.1, 0.15) is 28.5 Å². The summed E-state index contributed by atoms with van der Waals surface area (Å²) in [5, 5.41) is 5.03. The summed E-state index contributed by atoms with van der Waals surface area (Å²) in [6, 6.07) is 14.7. The number of halogens is 2. The summed E-state index contributed by atoms with van der Waals surface area (Å²) < 4.78 is 22.3. The number of aryl methyl sites for hydroxylation is 2. The minimum atomic E-state index is -0.398. The highest BCUT2D eigenvalue weighted by atomic mass is 35.5. The monoisotopic (exact) mass is 385 g/mol. The van der Waals surface area contributed by atoms with Crippen LogP contribution in [0.5, 0.6) is 5.75 Å². The highest BCUT2D eigenvalue weighted by molar-refractivity contribution is 6.30. The number of para-hydroxylation sites is 1. The Bertz CT molecular complexity index is 972. The van der Waals surface area contributed by atoms with E-state index in [1.165, 1.54) is 6.07 Å². The minimum Gasteiger partial charge on any atom is -0.484 e.